The highest BCUT2D eigenvalue weighted by Gasteiger charge is 2.20. The molecule has 0 aromatic carbocycles. The first kappa shape index (κ1) is 16.3. The van der Waals surface area contributed by atoms with Crippen molar-refractivity contribution in [2.75, 3.05) is 20.6 Å². The van der Waals surface area contributed by atoms with Crippen LogP contribution in [-0.2, 0) is 7.05 Å². The molecule has 2 heterocycles. The SMILES string of the molecule is Cc1ccc(C)n1-c1c(C(=O)NC[C@@H](C)N(C)C)cnn1C. The number of carbonyl (C=O) groups is 1. The van der Waals surface area contributed by atoms with Crippen LogP contribution in [0.3, 0.4) is 0 Å². The molecule has 6 heteroatoms. The number of carbonyl (C=O) groups excluding carboxylic acids is 1. The fraction of sp³-hybridized carbons (Fsp3) is 0.500. The molecule has 2 aromatic rings. The van der Waals surface area contributed by atoms with Crippen molar-refractivity contribution in [2.45, 2.75) is 26.8 Å². The van der Waals surface area contributed by atoms with Crippen LogP contribution >= 0.6 is 0 Å². The predicted molar refractivity (Wildman–Crippen MR) is 87.5 cm³/mol. The zero-order chi connectivity index (χ0) is 16.4. The maximum absolute atomic E-state index is 12.5. The first-order valence-corrected chi connectivity index (χ1v) is 7.45. The molecule has 0 radical (unpaired) electrons. The lowest BCUT2D eigenvalue weighted by Crippen LogP contribution is -2.38. The molecule has 0 bridgehead atoms. The van der Waals surface area contributed by atoms with Crippen LogP contribution in [-0.4, -0.2) is 51.8 Å². The molecular weight excluding hydrogens is 278 g/mol. The van der Waals surface area contributed by atoms with Gasteiger partial charge in [-0.1, -0.05) is 0 Å². The summed E-state index contributed by atoms with van der Waals surface area (Å²) in [6, 6.07) is 4.36. The summed E-state index contributed by atoms with van der Waals surface area (Å²) < 4.78 is 3.79. The monoisotopic (exact) mass is 303 g/mol. The molecule has 22 heavy (non-hydrogen) atoms. The summed E-state index contributed by atoms with van der Waals surface area (Å²) in [6.07, 6.45) is 1.63. The molecule has 0 saturated heterocycles. The molecule has 2 rings (SSSR count). The largest absolute Gasteiger partial charge is 0.350 e. The lowest BCUT2D eigenvalue weighted by atomic mass is 10.2. The zero-order valence-electron chi connectivity index (χ0n) is 14.2. The Morgan fingerprint density at radius 2 is 1.91 bits per heavy atom. The van der Waals surface area contributed by atoms with Gasteiger partial charge in [0.25, 0.3) is 5.91 Å². The van der Waals surface area contributed by atoms with Crippen LogP contribution in [0.25, 0.3) is 5.82 Å². The van der Waals surface area contributed by atoms with Crippen molar-refractivity contribution in [1.29, 1.82) is 0 Å². The number of hydrogen-bond acceptors (Lipinski definition) is 3. The quantitative estimate of drug-likeness (QED) is 0.911. The number of likely N-dealkylation sites (N-methyl/N-ethyl adjacent to an activating group) is 1. The van der Waals surface area contributed by atoms with Crippen molar-refractivity contribution in [3.63, 3.8) is 0 Å². The molecule has 1 N–H and O–H groups in total. The summed E-state index contributed by atoms with van der Waals surface area (Å²) in [4.78, 5) is 14.6. The van der Waals surface area contributed by atoms with E-state index in [9.17, 15) is 4.79 Å². The average molecular weight is 303 g/mol. The van der Waals surface area contributed by atoms with Gasteiger partial charge in [0.2, 0.25) is 0 Å². The van der Waals surface area contributed by atoms with Gasteiger partial charge in [-0.05, 0) is 47.0 Å². The van der Waals surface area contributed by atoms with E-state index in [2.05, 4.69) is 26.8 Å². The highest BCUT2D eigenvalue weighted by molar-refractivity contribution is 5.97. The molecule has 2 aromatic heterocycles. The molecule has 0 spiro atoms. The Hall–Kier alpha value is -2.08. The number of rotatable bonds is 5. The zero-order valence-corrected chi connectivity index (χ0v) is 14.2. The van der Waals surface area contributed by atoms with E-state index in [0.29, 0.717) is 12.1 Å². The molecule has 0 aliphatic rings. The van der Waals surface area contributed by atoms with E-state index in [4.69, 9.17) is 0 Å². The maximum Gasteiger partial charge on any atom is 0.256 e. The molecule has 0 aliphatic carbocycles. The van der Waals surface area contributed by atoms with E-state index < -0.39 is 0 Å². The fourth-order valence-electron chi connectivity index (χ4n) is 2.38. The van der Waals surface area contributed by atoms with Crippen molar-refractivity contribution in [1.82, 2.24) is 24.6 Å². The van der Waals surface area contributed by atoms with Gasteiger partial charge in [-0.25, -0.2) is 0 Å². The van der Waals surface area contributed by atoms with Crippen molar-refractivity contribution in [3.8, 4) is 5.82 Å². The van der Waals surface area contributed by atoms with Crippen molar-refractivity contribution >= 4 is 5.91 Å². The topological polar surface area (TPSA) is 55.1 Å². The van der Waals surface area contributed by atoms with Crippen LogP contribution in [0, 0.1) is 13.8 Å². The van der Waals surface area contributed by atoms with Gasteiger partial charge in [0.15, 0.2) is 0 Å². The Labute approximate surface area is 131 Å². The number of hydrogen-bond donors (Lipinski definition) is 1. The van der Waals surface area contributed by atoms with Gasteiger partial charge < -0.3 is 14.8 Å². The Bertz CT molecular complexity index is 649. The second kappa shape index (κ2) is 6.36. The van der Waals surface area contributed by atoms with Gasteiger partial charge >= 0.3 is 0 Å². The molecule has 6 nitrogen and oxygen atoms in total. The highest BCUT2D eigenvalue weighted by atomic mass is 16.1. The molecule has 0 aliphatic heterocycles. The minimum Gasteiger partial charge on any atom is -0.350 e. The van der Waals surface area contributed by atoms with Gasteiger partial charge in [-0.15, -0.1) is 0 Å². The lowest BCUT2D eigenvalue weighted by molar-refractivity contribution is 0.0943. The first-order chi connectivity index (χ1) is 10.3. The van der Waals surface area contributed by atoms with Crippen LogP contribution in [0.5, 0.6) is 0 Å². The Morgan fingerprint density at radius 1 is 1.32 bits per heavy atom. The van der Waals surface area contributed by atoms with Gasteiger partial charge in [0, 0.05) is 31.0 Å². The Balaban J connectivity index is 2.29. The van der Waals surface area contributed by atoms with Gasteiger partial charge in [0.05, 0.1) is 6.20 Å². The minimum atomic E-state index is -0.0932. The molecular formula is C16H25N5O. The van der Waals surface area contributed by atoms with Crippen molar-refractivity contribution in [3.05, 3.63) is 35.3 Å². The third-order valence-corrected chi connectivity index (χ3v) is 4.07. The first-order valence-electron chi connectivity index (χ1n) is 7.45. The fourth-order valence-corrected chi connectivity index (χ4v) is 2.38. The van der Waals surface area contributed by atoms with Gasteiger partial charge in [-0.2, -0.15) is 5.10 Å². The normalized spacial score (nSPS) is 12.7. The summed E-state index contributed by atoms with van der Waals surface area (Å²) in [7, 11) is 5.85. The molecule has 0 unspecified atom stereocenters. The van der Waals surface area contributed by atoms with Crippen LogP contribution in [0.2, 0.25) is 0 Å². The Kier molecular flexibility index (Phi) is 4.71. The Morgan fingerprint density at radius 3 is 2.45 bits per heavy atom. The minimum absolute atomic E-state index is 0.0932. The third-order valence-electron chi connectivity index (χ3n) is 4.07. The van der Waals surface area contributed by atoms with Gasteiger partial charge in [0.1, 0.15) is 11.4 Å². The summed E-state index contributed by atoms with van der Waals surface area (Å²) in [6.45, 7) is 6.72. The van der Waals surface area contributed by atoms with E-state index in [1.54, 1.807) is 10.9 Å². The number of amides is 1. The smallest absolute Gasteiger partial charge is 0.256 e. The molecule has 1 atom stereocenters. The number of aromatic nitrogens is 3. The maximum atomic E-state index is 12.5. The van der Waals surface area contributed by atoms with Crippen LogP contribution in [0.1, 0.15) is 28.7 Å². The van der Waals surface area contributed by atoms with Crippen molar-refractivity contribution in [2.24, 2.45) is 7.05 Å². The van der Waals surface area contributed by atoms with E-state index in [0.717, 1.165) is 17.2 Å². The average Bonchev–Trinajstić information content (AvgIpc) is 2.98. The summed E-state index contributed by atoms with van der Waals surface area (Å²) in [5, 5.41) is 7.25. The van der Waals surface area contributed by atoms with E-state index >= 15 is 0 Å². The second-order valence-corrected chi connectivity index (χ2v) is 5.98. The van der Waals surface area contributed by atoms with Crippen LogP contribution in [0.4, 0.5) is 0 Å². The van der Waals surface area contributed by atoms with Crippen LogP contribution < -0.4 is 5.32 Å². The van der Waals surface area contributed by atoms with E-state index in [1.165, 1.54) is 0 Å². The third kappa shape index (κ3) is 3.06. The van der Waals surface area contributed by atoms with Crippen LogP contribution in [0.15, 0.2) is 18.3 Å². The van der Waals surface area contributed by atoms with E-state index in [-0.39, 0.29) is 11.9 Å². The molecule has 0 fully saturated rings. The van der Waals surface area contributed by atoms with E-state index in [1.807, 2.05) is 47.1 Å². The predicted octanol–water partition coefficient (Wildman–Crippen LogP) is 1.51. The van der Waals surface area contributed by atoms with Crippen molar-refractivity contribution < 1.29 is 4.79 Å². The molecule has 120 valence electrons. The number of nitrogens with one attached hydrogen (secondary N) is 1. The second-order valence-electron chi connectivity index (χ2n) is 5.98. The number of aryl methyl sites for hydroxylation is 3. The van der Waals surface area contributed by atoms with Gasteiger partial charge in [-0.3, -0.25) is 9.48 Å². The number of nitrogens with zero attached hydrogens (tertiary/aromatic N) is 4. The summed E-state index contributed by atoms with van der Waals surface area (Å²) in [5.74, 6) is 0.708. The molecule has 0 saturated carbocycles. The highest BCUT2D eigenvalue weighted by Crippen LogP contribution is 2.19. The molecule has 1 amide bonds. The lowest BCUT2D eigenvalue weighted by Gasteiger charge is -2.20. The summed E-state index contributed by atoms with van der Waals surface area (Å²) >= 11 is 0. The standard InChI is InChI=1S/C16H25N5O/c1-11-7-8-12(2)21(11)16-14(10-18-20(16)6)15(22)17-9-13(3)19(4)5/h7-8,10,13H,9H2,1-6H3,(H,17,22)/t13-/m1/s1. The summed E-state index contributed by atoms with van der Waals surface area (Å²) in [5.41, 5.74) is 2.75.